The lowest BCUT2D eigenvalue weighted by Gasteiger charge is -2.06. The van der Waals surface area contributed by atoms with Crippen molar-refractivity contribution in [2.45, 2.75) is 20.0 Å². The van der Waals surface area contributed by atoms with E-state index < -0.39 is 0 Å². The van der Waals surface area contributed by atoms with E-state index in [0.717, 1.165) is 4.55 Å². The van der Waals surface area contributed by atoms with E-state index in [1.54, 1.807) is 0 Å². The molecule has 10 heavy (non-hydrogen) atoms. The number of alkyl halides is 1. The third kappa shape index (κ3) is 6.28. The number of esters is 1. The van der Waals surface area contributed by atoms with Gasteiger partial charge in [0.15, 0.2) is 0 Å². The van der Waals surface area contributed by atoms with Gasteiger partial charge < -0.3 is 4.74 Å². The van der Waals surface area contributed by atoms with E-state index in [9.17, 15) is 4.79 Å². The Morgan fingerprint density at radius 3 is 2.70 bits per heavy atom. The predicted octanol–water partition coefficient (Wildman–Crippen LogP) is 0.920. The van der Waals surface area contributed by atoms with Crippen LogP contribution in [-0.4, -0.2) is 23.2 Å². The second-order valence-corrected chi connectivity index (χ2v) is 2.86. The van der Waals surface area contributed by atoms with Crippen LogP contribution in [0.3, 0.4) is 0 Å². The average Bonchev–Trinajstić information content (AvgIpc) is 1.82. The zero-order valence-corrected chi connectivity index (χ0v) is 8.34. The molecular weight excluding hydrogens is 245 g/mol. The first kappa shape index (κ1) is 10.2. The van der Waals surface area contributed by atoms with Crippen LogP contribution in [0.25, 0.3) is 0 Å². The number of ether oxygens (including phenoxy) is 1. The predicted molar refractivity (Wildman–Crippen MR) is 48.1 cm³/mol. The van der Waals surface area contributed by atoms with Gasteiger partial charge in [0.1, 0.15) is 0 Å². The molecule has 0 aromatic carbocycles. The van der Waals surface area contributed by atoms with E-state index in [2.05, 4.69) is 27.9 Å². The standard InChI is InChI=1S/C6H12INO2/c1-5(2)10-6(9)3-8-4-7/h5,8H,3-4H2,1-2H3. The fourth-order valence-electron chi connectivity index (χ4n) is 0.454. The maximum absolute atomic E-state index is 10.7. The number of carbonyl (C=O) groups is 1. The van der Waals surface area contributed by atoms with Gasteiger partial charge in [-0.05, 0) is 13.8 Å². The van der Waals surface area contributed by atoms with E-state index in [0.29, 0.717) is 6.54 Å². The van der Waals surface area contributed by atoms with Crippen LogP contribution in [0.1, 0.15) is 13.8 Å². The normalized spacial score (nSPS) is 10.0. The van der Waals surface area contributed by atoms with Gasteiger partial charge in [-0.3, -0.25) is 10.1 Å². The Balaban J connectivity index is 3.26. The maximum Gasteiger partial charge on any atom is 0.320 e. The number of hydrogen-bond acceptors (Lipinski definition) is 3. The minimum absolute atomic E-state index is 0.0106. The van der Waals surface area contributed by atoms with Gasteiger partial charge in [-0.1, -0.05) is 22.6 Å². The van der Waals surface area contributed by atoms with Gasteiger partial charge in [-0.25, -0.2) is 0 Å². The van der Waals surface area contributed by atoms with Crippen molar-refractivity contribution in [3.63, 3.8) is 0 Å². The topological polar surface area (TPSA) is 38.3 Å². The number of hydrogen-bond donors (Lipinski definition) is 1. The molecule has 0 rings (SSSR count). The Hall–Kier alpha value is 0.160. The molecule has 1 N–H and O–H groups in total. The molecule has 0 unspecified atom stereocenters. The molecule has 0 aliphatic carbocycles. The molecule has 0 atom stereocenters. The molecule has 60 valence electrons. The van der Waals surface area contributed by atoms with Crippen LogP contribution in [0.4, 0.5) is 0 Å². The van der Waals surface area contributed by atoms with Crippen molar-refractivity contribution in [1.82, 2.24) is 5.32 Å². The van der Waals surface area contributed by atoms with Gasteiger partial charge in [0.05, 0.1) is 12.6 Å². The molecule has 0 fully saturated rings. The van der Waals surface area contributed by atoms with Crippen LogP contribution in [0, 0.1) is 0 Å². The Labute approximate surface area is 74.7 Å². The van der Waals surface area contributed by atoms with Gasteiger partial charge in [0.2, 0.25) is 0 Å². The van der Waals surface area contributed by atoms with Crippen molar-refractivity contribution in [3.05, 3.63) is 0 Å². The molecule has 0 spiro atoms. The second-order valence-electron chi connectivity index (χ2n) is 2.10. The first-order chi connectivity index (χ1) is 4.66. The molecule has 3 nitrogen and oxygen atoms in total. The lowest BCUT2D eigenvalue weighted by atomic mass is 10.5. The lowest BCUT2D eigenvalue weighted by Crippen LogP contribution is -2.25. The van der Waals surface area contributed by atoms with Crippen LogP contribution in [0.5, 0.6) is 0 Å². The Morgan fingerprint density at radius 1 is 1.70 bits per heavy atom. The van der Waals surface area contributed by atoms with Gasteiger partial charge in [-0.15, -0.1) is 0 Å². The summed E-state index contributed by atoms with van der Waals surface area (Å²) in [6.07, 6.45) is -0.0106. The first-order valence-corrected chi connectivity index (χ1v) is 4.65. The number of carbonyl (C=O) groups excluding carboxylic acids is 1. The summed E-state index contributed by atoms with van der Waals surface area (Å²) >= 11 is 2.14. The highest BCUT2D eigenvalue weighted by Crippen LogP contribution is 1.87. The van der Waals surface area contributed by atoms with E-state index in [1.807, 2.05) is 13.8 Å². The smallest absolute Gasteiger partial charge is 0.320 e. The van der Waals surface area contributed by atoms with Gasteiger partial charge >= 0.3 is 5.97 Å². The van der Waals surface area contributed by atoms with Crippen molar-refractivity contribution >= 4 is 28.6 Å². The van der Waals surface area contributed by atoms with Crippen LogP contribution < -0.4 is 5.32 Å². The summed E-state index contributed by atoms with van der Waals surface area (Å²) in [5.41, 5.74) is 0. The second kappa shape index (κ2) is 5.91. The first-order valence-electron chi connectivity index (χ1n) is 3.13. The Kier molecular flexibility index (Phi) is 6.00. The highest BCUT2D eigenvalue weighted by Gasteiger charge is 2.02. The van der Waals surface area contributed by atoms with Crippen molar-refractivity contribution in [2.75, 3.05) is 11.1 Å². The molecule has 0 aromatic heterocycles. The molecule has 0 aromatic rings. The highest BCUT2D eigenvalue weighted by atomic mass is 127. The average molecular weight is 257 g/mol. The quantitative estimate of drug-likeness (QED) is 0.352. The van der Waals surface area contributed by atoms with Crippen molar-refractivity contribution in [1.29, 1.82) is 0 Å². The largest absolute Gasteiger partial charge is 0.462 e. The summed E-state index contributed by atoms with van der Waals surface area (Å²) in [5, 5.41) is 2.87. The zero-order chi connectivity index (χ0) is 7.98. The molecule has 0 amide bonds. The number of halogens is 1. The van der Waals surface area contributed by atoms with Crippen LogP contribution in [0.15, 0.2) is 0 Å². The van der Waals surface area contributed by atoms with Crippen molar-refractivity contribution in [2.24, 2.45) is 0 Å². The molecule has 0 aliphatic heterocycles. The van der Waals surface area contributed by atoms with Crippen molar-refractivity contribution < 1.29 is 9.53 Å². The van der Waals surface area contributed by atoms with E-state index >= 15 is 0 Å². The summed E-state index contributed by atoms with van der Waals surface area (Å²) in [5.74, 6) is -0.188. The highest BCUT2D eigenvalue weighted by molar-refractivity contribution is 14.1. The zero-order valence-electron chi connectivity index (χ0n) is 6.19. The van der Waals surface area contributed by atoms with Gasteiger partial charge in [0.25, 0.3) is 0 Å². The van der Waals surface area contributed by atoms with Gasteiger partial charge in [0, 0.05) is 4.55 Å². The molecular formula is C6H12INO2. The van der Waals surface area contributed by atoms with Crippen LogP contribution in [-0.2, 0) is 9.53 Å². The minimum Gasteiger partial charge on any atom is -0.462 e. The van der Waals surface area contributed by atoms with E-state index in [4.69, 9.17) is 4.74 Å². The fourth-order valence-corrected chi connectivity index (χ4v) is 0.724. The molecule has 4 heteroatoms. The lowest BCUT2D eigenvalue weighted by molar-refractivity contribution is -0.146. The SMILES string of the molecule is CC(C)OC(=O)CNCI. The summed E-state index contributed by atoms with van der Waals surface area (Å²) < 4.78 is 5.62. The van der Waals surface area contributed by atoms with Gasteiger partial charge in [-0.2, -0.15) is 0 Å². The molecule has 0 saturated heterocycles. The maximum atomic E-state index is 10.7. The fraction of sp³-hybridized carbons (Fsp3) is 0.833. The summed E-state index contributed by atoms with van der Waals surface area (Å²) in [4.78, 5) is 10.7. The van der Waals surface area contributed by atoms with E-state index in [-0.39, 0.29) is 12.1 Å². The van der Waals surface area contributed by atoms with Crippen LogP contribution in [0.2, 0.25) is 0 Å². The van der Waals surface area contributed by atoms with E-state index in [1.165, 1.54) is 0 Å². The number of nitrogens with one attached hydrogen (secondary N) is 1. The molecule has 0 heterocycles. The minimum atomic E-state index is -0.188. The molecule has 0 saturated carbocycles. The number of rotatable bonds is 4. The Bertz CT molecular complexity index is 106. The van der Waals surface area contributed by atoms with Crippen molar-refractivity contribution in [3.8, 4) is 0 Å². The summed E-state index contributed by atoms with van der Waals surface area (Å²) in [6.45, 7) is 3.98. The Morgan fingerprint density at radius 2 is 2.30 bits per heavy atom. The molecule has 0 aliphatic rings. The monoisotopic (exact) mass is 257 g/mol. The van der Waals surface area contributed by atoms with Crippen LogP contribution >= 0.6 is 22.6 Å². The third-order valence-corrected chi connectivity index (χ3v) is 1.27. The third-order valence-electron chi connectivity index (χ3n) is 0.731. The summed E-state index contributed by atoms with van der Waals surface area (Å²) in [6, 6.07) is 0. The molecule has 0 bridgehead atoms. The summed E-state index contributed by atoms with van der Waals surface area (Å²) in [7, 11) is 0. The molecule has 0 radical (unpaired) electrons.